The number of aryl methyl sites for hydroxylation is 3. The van der Waals surface area contributed by atoms with Crippen molar-refractivity contribution in [3.05, 3.63) is 74.8 Å². The topological polar surface area (TPSA) is 126 Å². The number of nitrogens with two attached hydrogens (primary N) is 1. The van der Waals surface area contributed by atoms with Gasteiger partial charge in [-0.25, -0.2) is 4.79 Å². The molecule has 0 saturated heterocycles. The monoisotopic (exact) mass is 475 g/mol. The van der Waals surface area contributed by atoms with Crippen molar-refractivity contribution in [1.29, 1.82) is 0 Å². The first-order valence-corrected chi connectivity index (χ1v) is 11.6. The molecule has 2 aromatic carbocycles. The fourth-order valence-corrected chi connectivity index (χ4v) is 4.63. The van der Waals surface area contributed by atoms with Gasteiger partial charge < -0.3 is 15.6 Å². The van der Waals surface area contributed by atoms with E-state index in [0.29, 0.717) is 23.9 Å². The molecule has 1 saturated carbocycles. The Labute approximate surface area is 202 Å². The van der Waals surface area contributed by atoms with Crippen molar-refractivity contribution in [2.75, 3.05) is 0 Å². The van der Waals surface area contributed by atoms with Crippen LogP contribution in [0, 0.1) is 13.8 Å². The van der Waals surface area contributed by atoms with Gasteiger partial charge in [-0.05, 0) is 78.4 Å². The van der Waals surface area contributed by atoms with Crippen LogP contribution in [0.2, 0.25) is 0 Å². The van der Waals surface area contributed by atoms with Crippen LogP contribution in [0.5, 0.6) is 5.75 Å². The van der Waals surface area contributed by atoms with Crippen LogP contribution in [-0.4, -0.2) is 34.7 Å². The van der Waals surface area contributed by atoms with E-state index in [1.807, 2.05) is 44.2 Å². The minimum absolute atomic E-state index is 0.299. The molecule has 3 N–H and O–H groups in total. The summed E-state index contributed by atoms with van der Waals surface area (Å²) in [6.07, 6.45) is 1.16. The quantitative estimate of drug-likeness (QED) is 0.393. The zero-order valence-corrected chi connectivity index (χ0v) is 20.3. The van der Waals surface area contributed by atoms with Gasteiger partial charge in [0.2, 0.25) is 0 Å². The molecule has 182 valence electrons. The predicted molar refractivity (Wildman–Crippen MR) is 130 cm³/mol. The van der Waals surface area contributed by atoms with Gasteiger partial charge in [0.1, 0.15) is 18.6 Å². The van der Waals surface area contributed by atoms with Crippen molar-refractivity contribution in [2.24, 2.45) is 19.8 Å². The second-order valence-corrected chi connectivity index (χ2v) is 9.11. The highest BCUT2D eigenvalue weighted by Crippen LogP contribution is 2.43. The number of benzene rings is 2. The molecule has 0 radical (unpaired) electrons. The highest BCUT2D eigenvalue weighted by atomic mass is 16.5. The third-order valence-electron chi connectivity index (χ3n) is 6.59. The fourth-order valence-electron chi connectivity index (χ4n) is 4.63. The first-order chi connectivity index (χ1) is 16.8. The summed E-state index contributed by atoms with van der Waals surface area (Å²) in [5.41, 5.74) is 12.3. The lowest BCUT2D eigenvalue weighted by Crippen LogP contribution is -2.23. The molecule has 1 aliphatic rings. The van der Waals surface area contributed by atoms with Gasteiger partial charge in [0, 0.05) is 30.8 Å². The summed E-state index contributed by atoms with van der Waals surface area (Å²) in [4.78, 5) is 12.5. The second kappa shape index (κ2) is 8.79. The molecule has 1 unspecified atom stereocenters. The van der Waals surface area contributed by atoms with Crippen molar-refractivity contribution >= 4 is 0 Å². The van der Waals surface area contributed by atoms with Crippen LogP contribution < -0.4 is 16.2 Å². The number of ether oxygens (including phenoxy) is 1. The summed E-state index contributed by atoms with van der Waals surface area (Å²) in [6.45, 7) is 4.19. The highest BCUT2D eigenvalue weighted by Gasteiger charge is 2.28. The van der Waals surface area contributed by atoms with E-state index in [1.54, 1.807) is 18.8 Å². The number of tetrazole rings is 1. The number of hydrogen-bond donors (Lipinski definition) is 2. The number of aliphatic hydroxyl groups is 1. The van der Waals surface area contributed by atoms with Crippen LogP contribution in [0.4, 0.5) is 0 Å². The van der Waals surface area contributed by atoms with Crippen LogP contribution in [0.3, 0.4) is 0 Å². The Kier molecular flexibility index (Phi) is 5.78. The van der Waals surface area contributed by atoms with E-state index in [9.17, 15) is 9.90 Å². The Morgan fingerprint density at radius 1 is 1.14 bits per heavy atom. The summed E-state index contributed by atoms with van der Waals surface area (Å²) < 4.78 is 10.4. The fraction of sp³-hybridized carbons (Fsp3) is 0.360. The zero-order chi connectivity index (χ0) is 24.9. The van der Waals surface area contributed by atoms with Gasteiger partial charge in [0.15, 0.2) is 0 Å². The standard InChI is InChI=1S/C25H29N7O3/c1-14-12-17(22-15(2)23(24(26)33)30(3)27-22)10-11-21(14)35-13-19-18(16-8-9-16)6-5-7-20(19)32-25(34)31(4)28-29-32/h5-7,10-12,16,24,33H,8-9,13,26H2,1-4H3. The third-order valence-corrected chi connectivity index (χ3v) is 6.59. The normalized spacial score (nSPS) is 14.3. The summed E-state index contributed by atoms with van der Waals surface area (Å²) in [5.74, 6) is 1.22. The molecule has 10 nitrogen and oxygen atoms in total. The Morgan fingerprint density at radius 3 is 2.51 bits per heavy atom. The van der Waals surface area contributed by atoms with E-state index >= 15 is 0 Å². The summed E-state index contributed by atoms with van der Waals surface area (Å²) >= 11 is 0. The Bertz CT molecular complexity index is 1460. The van der Waals surface area contributed by atoms with E-state index in [2.05, 4.69) is 21.6 Å². The maximum absolute atomic E-state index is 12.5. The number of aromatic nitrogens is 6. The molecule has 4 aromatic rings. The average Bonchev–Trinajstić information content (AvgIpc) is 3.55. The van der Waals surface area contributed by atoms with Crippen molar-refractivity contribution in [3.63, 3.8) is 0 Å². The number of nitrogens with zero attached hydrogens (tertiary/aromatic N) is 6. The average molecular weight is 476 g/mol. The Morgan fingerprint density at radius 2 is 1.91 bits per heavy atom. The van der Waals surface area contributed by atoms with Crippen LogP contribution in [-0.2, 0) is 20.7 Å². The van der Waals surface area contributed by atoms with Crippen LogP contribution in [0.15, 0.2) is 41.2 Å². The van der Waals surface area contributed by atoms with Crippen LogP contribution >= 0.6 is 0 Å². The largest absolute Gasteiger partial charge is 0.489 e. The Balaban J connectivity index is 1.45. The van der Waals surface area contributed by atoms with E-state index in [4.69, 9.17) is 10.5 Å². The Hall–Kier alpha value is -3.76. The maximum atomic E-state index is 12.5. The van der Waals surface area contributed by atoms with Crippen molar-refractivity contribution < 1.29 is 9.84 Å². The molecule has 10 heteroatoms. The van der Waals surface area contributed by atoms with Gasteiger partial charge in [-0.3, -0.25) is 4.68 Å². The molecule has 1 aliphatic carbocycles. The molecular formula is C25H29N7O3. The van der Waals surface area contributed by atoms with Gasteiger partial charge >= 0.3 is 5.69 Å². The summed E-state index contributed by atoms with van der Waals surface area (Å²) in [5, 5.41) is 22.3. The molecule has 0 amide bonds. The SMILES string of the molecule is Cc1cc(-c2nn(C)c(C(N)O)c2C)ccc1OCc1c(C2CC2)cccc1-n1nnn(C)c1=O. The molecule has 1 atom stereocenters. The third kappa shape index (κ3) is 4.15. The lowest BCUT2D eigenvalue weighted by atomic mass is 10.0. The van der Waals surface area contributed by atoms with Crippen molar-refractivity contribution in [1.82, 2.24) is 29.6 Å². The lowest BCUT2D eigenvalue weighted by molar-refractivity contribution is 0.175. The number of aliphatic hydroxyl groups excluding tert-OH is 1. The van der Waals surface area contributed by atoms with E-state index in [1.165, 1.54) is 14.9 Å². The van der Waals surface area contributed by atoms with Gasteiger partial charge in [0.05, 0.1) is 17.1 Å². The minimum Gasteiger partial charge on any atom is -0.489 e. The first-order valence-electron chi connectivity index (χ1n) is 11.6. The molecular weight excluding hydrogens is 446 g/mol. The predicted octanol–water partition coefficient (Wildman–Crippen LogP) is 2.39. The number of hydrogen-bond acceptors (Lipinski definition) is 7. The second-order valence-electron chi connectivity index (χ2n) is 9.11. The molecule has 0 spiro atoms. The lowest BCUT2D eigenvalue weighted by Gasteiger charge is -2.16. The van der Waals surface area contributed by atoms with E-state index < -0.39 is 6.23 Å². The van der Waals surface area contributed by atoms with Gasteiger partial charge in [-0.15, -0.1) is 0 Å². The van der Waals surface area contributed by atoms with Crippen LogP contribution in [0.1, 0.15) is 52.9 Å². The maximum Gasteiger partial charge on any atom is 0.368 e. The van der Waals surface area contributed by atoms with Gasteiger partial charge in [0.25, 0.3) is 0 Å². The van der Waals surface area contributed by atoms with E-state index in [0.717, 1.165) is 46.5 Å². The van der Waals surface area contributed by atoms with Crippen molar-refractivity contribution in [2.45, 2.75) is 45.4 Å². The highest BCUT2D eigenvalue weighted by molar-refractivity contribution is 5.66. The summed E-state index contributed by atoms with van der Waals surface area (Å²) in [6, 6.07) is 11.8. The molecule has 5 rings (SSSR count). The molecule has 2 heterocycles. The van der Waals surface area contributed by atoms with Gasteiger partial charge in [-0.2, -0.15) is 14.5 Å². The number of rotatable bonds is 7. The van der Waals surface area contributed by atoms with Crippen LogP contribution in [0.25, 0.3) is 16.9 Å². The zero-order valence-electron chi connectivity index (χ0n) is 20.3. The smallest absolute Gasteiger partial charge is 0.368 e. The molecule has 0 aliphatic heterocycles. The molecule has 0 bridgehead atoms. The molecule has 35 heavy (non-hydrogen) atoms. The molecule has 1 fully saturated rings. The van der Waals surface area contributed by atoms with E-state index in [-0.39, 0.29) is 5.69 Å². The van der Waals surface area contributed by atoms with Gasteiger partial charge in [-0.1, -0.05) is 12.1 Å². The molecule has 2 aromatic heterocycles. The van der Waals surface area contributed by atoms with Crippen molar-refractivity contribution in [3.8, 4) is 22.7 Å². The first kappa shape index (κ1) is 23.0. The minimum atomic E-state index is -1.09. The summed E-state index contributed by atoms with van der Waals surface area (Å²) in [7, 11) is 3.35.